The predicted molar refractivity (Wildman–Crippen MR) is 78.4 cm³/mol. The molecule has 2 unspecified atom stereocenters. The van der Waals surface area contributed by atoms with Crippen molar-refractivity contribution in [1.82, 2.24) is 4.90 Å². The van der Waals surface area contributed by atoms with Gasteiger partial charge in [-0.3, -0.25) is 4.90 Å². The van der Waals surface area contributed by atoms with Gasteiger partial charge in [-0.15, -0.1) is 23.7 Å². The normalized spacial score (nSPS) is 24.4. The second-order valence-corrected chi connectivity index (χ2v) is 5.92. The summed E-state index contributed by atoms with van der Waals surface area (Å²) in [6.07, 6.45) is 1.19. The summed E-state index contributed by atoms with van der Waals surface area (Å²) in [4.78, 5) is 4.05. The molecule has 92 valence electrons. The van der Waals surface area contributed by atoms with Crippen molar-refractivity contribution in [1.29, 1.82) is 0 Å². The zero-order valence-corrected chi connectivity index (χ0v) is 12.1. The Balaban J connectivity index is 0.00000108. The quantitative estimate of drug-likeness (QED) is 0.689. The van der Waals surface area contributed by atoms with Crippen LogP contribution in [0.1, 0.15) is 30.3 Å². The lowest BCUT2D eigenvalue weighted by Gasteiger charge is -2.35. The van der Waals surface area contributed by atoms with Gasteiger partial charge >= 0.3 is 0 Å². The topological polar surface area (TPSA) is 3.24 Å². The van der Waals surface area contributed by atoms with Crippen molar-refractivity contribution >= 4 is 33.8 Å². The second kappa shape index (κ2) is 4.60. The first-order chi connectivity index (χ1) is 7.68. The second-order valence-electron chi connectivity index (χ2n) is 4.84. The summed E-state index contributed by atoms with van der Waals surface area (Å²) < 4.78 is 1.45. The molecule has 0 radical (unpaired) electrons. The number of hydrogen-bond donors (Lipinski definition) is 0. The molecule has 1 nitrogen and oxygen atoms in total. The average molecular weight is 268 g/mol. The van der Waals surface area contributed by atoms with Gasteiger partial charge < -0.3 is 0 Å². The molecule has 17 heavy (non-hydrogen) atoms. The molecule has 0 N–H and O–H groups in total. The van der Waals surface area contributed by atoms with Crippen LogP contribution in [0.25, 0.3) is 10.1 Å². The minimum Gasteiger partial charge on any atom is -0.296 e. The van der Waals surface area contributed by atoms with Crippen LogP contribution >= 0.6 is 23.7 Å². The van der Waals surface area contributed by atoms with E-state index in [1.54, 1.807) is 10.4 Å². The lowest BCUT2D eigenvalue weighted by atomic mass is 9.94. The molecule has 0 saturated carbocycles. The van der Waals surface area contributed by atoms with E-state index in [0.717, 1.165) is 0 Å². The summed E-state index contributed by atoms with van der Waals surface area (Å²) in [6.45, 7) is 4.65. The van der Waals surface area contributed by atoms with Crippen LogP contribution in [-0.4, -0.2) is 18.0 Å². The molecular formula is C14H18ClNS. The Morgan fingerprint density at radius 1 is 1.24 bits per heavy atom. The summed E-state index contributed by atoms with van der Waals surface area (Å²) >= 11 is 1.97. The number of rotatable bonds is 0. The van der Waals surface area contributed by atoms with Gasteiger partial charge in [-0.05, 0) is 44.3 Å². The molecule has 1 aliphatic heterocycles. The maximum Gasteiger partial charge on any atom is 0.0416 e. The molecule has 0 bridgehead atoms. The lowest BCUT2D eigenvalue weighted by molar-refractivity contribution is 0.183. The summed E-state index contributed by atoms with van der Waals surface area (Å²) in [5.41, 5.74) is 1.60. The molecule has 2 atom stereocenters. The number of likely N-dealkylation sites (N-methyl/N-ethyl adjacent to an activating group) is 1. The standard InChI is InChI=1S/C14H17NS.ClH/c1-9-8-12-11-6-4-5-7-13(11)16-14(12)10(2)15(9)3;/h4-7,9-10H,8H2,1-3H3;1H. The Kier molecular flexibility index (Phi) is 3.48. The van der Waals surface area contributed by atoms with Crippen LogP contribution in [0.2, 0.25) is 0 Å². The summed E-state index contributed by atoms with van der Waals surface area (Å²) in [7, 11) is 2.24. The first-order valence-electron chi connectivity index (χ1n) is 5.90. The van der Waals surface area contributed by atoms with Crippen LogP contribution in [-0.2, 0) is 6.42 Å². The minimum atomic E-state index is 0. The Morgan fingerprint density at radius 3 is 2.71 bits per heavy atom. The van der Waals surface area contributed by atoms with E-state index >= 15 is 0 Å². The fraction of sp³-hybridized carbons (Fsp3) is 0.429. The molecule has 0 amide bonds. The number of fused-ring (bicyclic) bond motifs is 3. The molecule has 0 aliphatic carbocycles. The average Bonchev–Trinajstić information content (AvgIpc) is 2.65. The highest BCUT2D eigenvalue weighted by atomic mass is 35.5. The zero-order chi connectivity index (χ0) is 11.3. The molecule has 2 heterocycles. The molecule has 0 saturated heterocycles. The van der Waals surface area contributed by atoms with Gasteiger partial charge in [0.15, 0.2) is 0 Å². The SMILES string of the molecule is CC1Cc2c(sc3ccccc23)C(C)N1C.Cl. The van der Waals surface area contributed by atoms with Gasteiger partial charge in [-0.25, -0.2) is 0 Å². The molecule has 3 rings (SSSR count). The lowest BCUT2D eigenvalue weighted by Crippen LogP contribution is -2.37. The Labute approximate surface area is 113 Å². The number of thiophene rings is 1. The fourth-order valence-corrected chi connectivity index (χ4v) is 4.01. The maximum atomic E-state index is 2.48. The Morgan fingerprint density at radius 2 is 1.94 bits per heavy atom. The van der Waals surface area contributed by atoms with Crippen molar-refractivity contribution in [2.24, 2.45) is 0 Å². The summed E-state index contributed by atoms with van der Waals surface area (Å²) in [6, 6.07) is 10.0. The van der Waals surface area contributed by atoms with Gasteiger partial charge in [0.05, 0.1) is 0 Å². The summed E-state index contributed by atoms with van der Waals surface area (Å²) in [5, 5.41) is 1.48. The highest BCUT2D eigenvalue weighted by molar-refractivity contribution is 7.19. The van der Waals surface area contributed by atoms with E-state index in [9.17, 15) is 0 Å². The Hall–Kier alpha value is -0.570. The summed E-state index contributed by atoms with van der Waals surface area (Å²) in [5.74, 6) is 0. The van der Waals surface area contributed by atoms with Crippen LogP contribution in [0.4, 0.5) is 0 Å². The van der Waals surface area contributed by atoms with Crippen molar-refractivity contribution in [3.63, 3.8) is 0 Å². The highest BCUT2D eigenvalue weighted by Gasteiger charge is 2.29. The third-order valence-corrected chi connectivity index (χ3v) is 5.30. The van der Waals surface area contributed by atoms with Crippen molar-refractivity contribution in [3.8, 4) is 0 Å². The van der Waals surface area contributed by atoms with Crippen LogP contribution < -0.4 is 0 Å². The van der Waals surface area contributed by atoms with Crippen LogP contribution in [0.5, 0.6) is 0 Å². The molecule has 3 heteroatoms. The molecule has 1 aromatic heterocycles. The zero-order valence-electron chi connectivity index (χ0n) is 10.4. The van der Waals surface area contributed by atoms with Crippen LogP contribution in [0.15, 0.2) is 24.3 Å². The van der Waals surface area contributed by atoms with E-state index in [1.165, 1.54) is 16.5 Å². The number of benzene rings is 1. The molecule has 0 fully saturated rings. The van der Waals surface area contributed by atoms with E-state index in [4.69, 9.17) is 0 Å². The van der Waals surface area contributed by atoms with Gasteiger partial charge in [-0.2, -0.15) is 0 Å². The largest absolute Gasteiger partial charge is 0.296 e. The maximum absolute atomic E-state index is 2.48. The van der Waals surface area contributed by atoms with Crippen molar-refractivity contribution in [3.05, 3.63) is 34.7 Å². The van der Waals surface area contributed by atoms with Crippen molar-refractivity contribution in [2.75, 3.05) is 7.05 Å². The van der Waals surface area contributed by atoms with E-state index in [-0.39, 0.29) is 12.4 Å². The Bertz CT molecular complexity index is 534. The minimum absolute atomic E-state index is 0. The number of nitrogens with zero attached hydrogens (tertiary/aromatic N) is 1. The van der Waals surface area contributed by atoms with E-state index in [2.05, 4.69) is 50.1 Å². The van der Waals surface area contributed by atoms with E-state index in [0.29, 0.717) is 12.1 Å². The molecule has 1 aromatic carbocycles. The van der Waals surface area contributed by atoms with Gasteiger partial charge in [0.1, 0.15) is 0 Å². The monoisotopic (exact) mass is 267 g/mol. The van der Waals surface area contributed by atoms with Crippen LogP contribution in [0.3, 0.4) is 0 Å². The first kappa shape index (κ1) is 12.9. The smallest absolute Gasteiger partial charge is 0.0416 e. The number of hydrogen-bond acceptors (Lipinski definition) is 2. The van der Waals surface area contributed by atoms with Crippen molar-refractivity contribution < 1.29 is 0 Å². The van der Waals surface area contributed by atoms with Gasteiger partial charge in [0, 0.05) is 21.7 Å². The third kappa shape index (κ3) is 1.88. The van der Waals surface area contributed by atoms with Gasteiger partial charge in [0.2, 0.25) is 0 Å². The third-order valence-electron chi connectivity index (χ3n) is 3.91. The highest BCUT2D eigenvalue weighted by Crippen LogP contribution is 2.41. The van der Waals surface area contributed by atoms with E-state index in [1.807, 2.05) is 11.3 Å². The fourth-order valence-electron chi connectivity index (χ4n) is 2.67. The number of halogens is 1. The first-order valence-corrected chi connectivity index (χ1v) is 6.72. The van der Waals surface area contributed by atoms with Crippen molar-refractivity contribution in [2.45, 2.75) is 32.4 Å². The van der Waals surface area contributed by atoms with Crippen LogP contribution in [0, 0.1) is 0 Å². The van der Waals surface area contributed by atoms with Gasteiger partial charge in [0.25, 0.3) is 0 Å². The molecule has 2 aromatic rings. The molecule has 1 aliphatic rings. The molecule has 0 spiro atoms. The predicted octanol–water partition coefficient (Wildman–Crippen LogP) is 4.26. The molecular weight excluding hydrogens is 250 g/mol. The van der Waals surface area contributed by atoms with Gasteiger partial charge in [-0.1, -0.05) is 18.2 Å². The van der Waals surface area contributed by atoms with E-state index < -0.39 is 0 Å².